The van der Waals surface area contributed by atoms with Crippen LogP contribution in [0.15, 0.2) is 103 Å². The molecule has 1 nitrogen and oxygen atoms in total. The lowest BCUT2D eigenvalue weighted by molar-refractivity contribution is 0.213. The van der Waals surface area contributed by atoms with E-state index in [0.717, 1.165) is 16.9 Å². The first-order chi connectivity index (χ1) is 11.9. The molecule has 119 valence electrons. The second-order valence-corrected chi connectivity index (χ2v) is 5.81. The highest BCUT2D eigenvalue weighted by Crippen LogP contribution is 2.36. The van der Waals surface area contributed by atoms with Gasteiger partial charge in [0.05, 0.1) is 0 Å². The quantitative estimate of drug-likeness (QED) is 0.579. The largest absolute Gasteiger partial charge is 0.481 e. The maximum Gasteiger partial charge on any atom is 0.143 e. The molecule has 0 saturated heterocycles. The van der Waals surface area contributed by atoms with Crippen LogP contribution in [-0.4, -0.2) is 8.41 Å². The maximum absolute atomic E-state index is 6.29. The zero-order chi connectivity index (χ0) is 16.2. The van der Waals surface area contributed by atoms with Gasteiger partial charge >= 0.3 is 0 Å². The Morgan fingerprint density at radius 1 is 0.600 bits per heavy atom. The Hall–Kier alpha value is -3.00. The molecule has 0 aliphatic carbocycles. The summed E-state index contributed by atoms with van der Waals surface area (Å²) in [6.45, 7) is 0. The second-order valence-electron chi connectivity index (χ2n) is 5.81. The fourth-order valence-electron chi connectivity index (χ4n) is 2.93. The van der Waals surface area contributed by atoms with Gasteiger partial charge in [-0.1, -0.05) is 91.0 Å². The predicted molar refractivity (Wildman–Crippen MR) is 105 cm³/mol. The first-order valence-corrected chi connectivity index (χ1v) is 8.16. The van der Waals surface area contributed by atoms with Gasteiger partial charge in [0, 0.05) is 14.0 Å². The first kappa shape index (κ1) is 16.8. The molecule has 4 rings (SSSR count). The Balaban J connectivity index is 0.00000182. The average Bonchev–Trinajstić information content (AvgIpc) is 2.70. The van der Waals surface area contributed by atoms with Gasteiger partial charge in [-0.3, -0.25) is 0 Å². The molecule has 1 unspecified atom stereocenters. The average molecular weight is 321 g/mol. The van der Waals surface area contributed by atoms with Crippen molar-refractivity contribution in [2.75, 3.05) is 0 Å². The lowest BCUT2D eigenvalue weighted by atomic mass is 9.97. The van der Waals surface area contributed by atoms with Crippen molar-refractivity contribution in [3.05, 3.63) is 120 Å². The van der Waals surface area contributed by atoms with Gasteiger partial charge in [-0.25, -0.2) is 0 Å². The van der Waals surface area contributed by atoms with Crippen LogP contribution in [0.5, 0.6) is 0 Å². The minimum atomic E-state index is -0.0818. The fraction of sp³-hybridized carbons (Fsp3) is 0.0435. The maximum atomic E-state index is 6.29. The van der Waals surface area contributed by atoms with Crippen molar-refractivity contribution in [3.8, 4) is 0 Å². The normalized spacial score (nSPS) is 16.1. The molecular weight excluding hydrogens is 303 g/mol. The Morgan fingerprint density at radius 3 is 1.72 bits per heavy atom. The summed E-state index contributed by atoms with van der Waals surface area (Å²) in [5, 5.41) is 0. The van der Waals surface area contributed by atoms with Crippen LogP contribution in [0.25, 0.3) is 11.3 Å². The Morgan fingerprint density at radius 2 is 1.12 bits per heavy atom. The van der Waals surface area contributed by atoms with Gasteiger partial charge in [-0.2, -0.15) is 0 Å². The summed E-state index contributed by atoms with van der Waals surface area (Å²) in [7, 11) is 0. The third-order valence-electron chi connectivity index (χ3n) is 4.16. The van der Waals surface area contributed by atoms with Crippen molar-refractivity contribution in [2.24, 2.45) is 0 Å². The van der Waals surface area contributed by atoms with E-state index in [-0.39, 0.29) is 14.5 Å². The molecule has 0 amide bonds. The van der Waals surface area contributed by atoms with E-state index in [2.05, 4.69) is 72.8 Å². The molecule has 1 aliphatic rings. The second kappa shape index (κ2) is 7.72. The van der Waals surface area contributed by atoms with Crippen LogP contribution >= 0.6 is 0 Å². The predicted octanol–water partition coefficient (Wildman–Crippen LogP) is 5.50. The smallest absolute Gasteiger partial charge is 0.143 e. The van der Waals surface area contributed by atoms with E-state index in [0.29, 0.717) is 0 Å². The molecule has 0 bridgehead atoms. The number of rotatable bonds is 3. The van der Waals surface area contributed by atoms with Crippen LogP contribution in [0.1, 0.15) is 22.8 Å². The van der Waals surface area contributed by atoms with Gasteiger partial charge in [-0.05, 0) is 28.9 Å². The number of hydrogen-bond donors (Lipinski definition) is 0. The molecule has 0 fully saturated rings. The van der Waals surface area contributed by atoms with Gasteiger partial charge in [-0.15, -0.1) is 0 Å². The molecule has 0 saturated carbocycles. The molecule has 1 aliphatic heterocycles. The zero-order valence-electron chi connectivity index (χ0n) is 13.9. The molecule has 1 atom stereocenters. The Kier molecular flexibility index (Phi) is 5.20. The number of benzene rings is 3. The van der Waals surface area contributed by atoms with Gasteiger partial charge < -0.3 is 4.74 Å². The summed E-state index contributed by atoms with van der Waals surface area (Å²) in [5.74, 6) is 0.908. The Labute approximate surface area is 150 Å². The van der Waals surface area contributed by atoms with Crippen LogP contribution in [0.3, 0.4) is 0 Å². The SMILES string of the molecule is C1=C(c2ccccc2)C=C(c2ccccc2)OC1c1ccccc1.[B]. The molecule has 3 aromatic rings. The molecule has 1 heterocycles. The van der Waals surface area contributed by atoms with Crippen LogP contribution in [0.4, 0.5) is 0 Å². The van der Waals surface area contributed by atoms with Crippen LogP contribution in [0.2, 0.25) is 0 Å². The molecular formula is C23H18BO. The molecule has 3 aromatic carbocycles. The summed E-state index contributed by atoms with van der Waals surface area (Å²) in [5.41, 5.74) is 4.65. The molecule has 0 N–H and O–H groups in total. The van der Waals surface area contributed by atoms with Crippen molar-refractivity contribution in [1.82, 2.24) is 0 Å². The first-order valence-electron chi connectivity index (χ1n) is 8.16. The molecule has 25 heavy (non-hydrogen) atoms. The van der Waals surface area contributed by atoms with Crippen LogP contribution < -0.4 is 0 Å². The highest BCUT2D eigenvalue weighted by molar-refractivity contribution is 5.84. The van der Waals surface area contributed by atoms with Crippen molar-refractivity contribution in [1.29, 1.82) is 0 Å². The van der Waals surface area contributed by atoms with E-state index >= 15 is 0 Å². The highest BCUT2D eigenvalue weighted by Gasteiger charge is 2.19. The molecule has 3 radical (unpaired) electrons. The zero-order valence-corrected chi connectivity index (χ0v) is 13.9. The fourth-order valence-corrected chi connectivity index (χ4v) is 2.93. The summed E-state index contributed by atoms with van der Waals surface area (Å²) >= 11 is 0. The van der Waals surface area contributed by atoms with E-state index < -0.39 is 0 Å². The van der Waals surface area contributed by atoms with Gasteiger partial charge in [0.25, 0.3) is 0 Å². The van der Waals surface area contributed by atoms with Crippen LogP contribution in [0, 0.1) is 0 Å². The number of hydrogen-bond acceptors (Lipinski definition) is 1. The third kappa shape index (κ3) is 3.75. The minimum absolute atomic E-state index is 0. The minimum Gasteiger partial charge on any atom is -0.481 e. The third-order valence-corrected chi connectivity index (χ3v) is 4.16. The lowest BCUT2D eigenvalue weighted by Gasteiger charge is -2.24. The van der Waals surface area contributed by atoms with Crippen molar-refractivity contribution >= 4 is 19.7 Å². The highest BCUT2D eigenvalue weighted by atomic mass is 16.5. The van der Waals surface area contributed by atoms with E-state index in [4.69, 9.17) is 4.74 Å². The standard InChI is InChI=1S/C23H18O.B/c1-4-10-18(11-5-1)21-16-22(19-12-6-2-7-13-19)24-23(17-21)20-14-8-3-9-15-20;/h1-17,22H;. The van der Waals surface area contributed by atoms with Crippen molar-refractivity contribution in [2.45, 2.75) is 6.10 Å². The van der Waals surface area contributed by atoms with Crippen molar-refractivity contribution in [3.63, 3.8) is 0 Å². The van der Waals surface area contributed by atoms with E-state index in [1.165, 1.54) is 11.1 Å². The van der Waals surface area contributed by atoms with Gasteiger partial charge in [0.2, 0.25) is 0 Å². The molecule has 2 heteroatoms. The van der Waals surface area contributed by atoms with E-state index in [1.807, 2.05) is 30.3 Å². The summed E-state index contributed by atoms with van der Waals surface area (Å²) < 4.78 is 6.29. The van der Waals surface area contributed by atoms with Gasteiger partial charge in [0.15, 0.2) is 0 Å². The number of allylic oxidation sites excluding steroid dienone is 2. The Bertz CT molecular complexity index is 868. The summed E-state index contributed by atoms with van der Waals surface area (Å²) in [6.07, 6.45) is 4.24. The van der Waals surface area contributed by atoms with Crippen molar-refractivity contribution < 1.29 is 4.74 Å². The number of ether oxygens (including phenoxy) is 1. The van der Waals surface area contributed by atoms with E-state index in [9.17, 15) is 0 Å². The summed E-state index contributed by atoms with van der Waals surface area (Å²) in [4.78, 5) is 0. The topological polar surface area (TPSA) is 9.23 Å². The lowest BCUT2D eigenvalue weighted by Crippen LogP contribution is -2.06. The molecule has 0 spiro atoms. The van der Waals surface area contributed by atoms with E-state index in [1.54, 1.807) is 0 Å². The monoisotopic (exact) mass is 321 g/mol. The van der Waals surface area contributed by atoms with Crippen LogP contribution in [-0.2, 0) is 4.74 Å². The van der Waals surface area contributed by atoms with Gasteiger partial charge in [0.1, 0.15) is 11.9 Å². The molecule has 0 aromatic heterocycles. The summed E-state index contributed by atoms with van der Waals surface area (Å²) in [6, 6.07) is 31.1.